The van der Waals surface area contributed by atoms with Gasteiger partial charge < -0.3 is 11.1 Å². The minimum Gasteiger partial charge on any atom is -0.402 e. The average molecular weight is 315 g/mol. The second-order valence-corrected chi connectivity index (χ2v) is 6.79. The van der Waals surface area contributed by atoms with Gasteiger partial charge in [-0.25, -0.2) is 0 Å². The molecule has 0 amide bonds. The van der Waals surface area contributed by atoms with E-state index in [9.17, 15) is 0 Å². The smallest absolute Gasteiger partial charge is 0.0380 e. The fourth-order valence-corrected chi connectivity index (χ4v) is 2.95. The van der Waals surface area contributed by atoms with Gasteiger partial charge in [-0.05, 0) is 54.4 Å². The van der Waals surface area contributed by atoms with Gasteiger partial charge in [0.2, 0.25) is 0 Å². The third-order valence-corrected chi connectivity index (χ3v) is 4.33. The zero-order chi connectivity index (χ0) is 17.4. The lowest BCUT2D eigenvalue weighted by Gasteiger charge is -2.27. The Labute approximate surface area is 142 Å². The first kappa shape index (κ1) is 19.3. The molecular weight excluding hydrogens is 280 g/mol. The molecular formula is C21H34N2. The Hall–Kier alpha value is -1.70. The molecule has 1 aliphatic rings. The lowest BCUT2D eigenvalue weighted by atomic mass is 9.81. The second-order valence-electron chi connectivity index (χ2n) is 6.79. The van der Waals surface area contributed by atoms with E-state index in [1.165, 1.54) is 16.8 Å². The molecule has 1 rings (SSSR count). The predicted molar refractivity (Wildman–Crippen MR) is 103 cm³/mol. The predicted octanol–water partition coefficient (Wildman–Crippen LogP) is 5.08. The van der Waals surface area contributed by atoms with E-state index < -0.39 is 0 Å². The number of hydrogen-bond donors (Lipinski definition) is 2. The van der Waals surface area contributed by atoms with Gasteiger partial charge in [0.05, 0.1) is 0 Å². The summed E-state index contributed by atoms with van der Waals surface area (Å²) >= 11 is 0. The molecule has 3 N–H and O–H groups in total. The molecule has 0 aromatic heterocycles. The molecule has 0 bridgehead atoms. The highest BCUT2D eigenvalue weighted by molar-refractivity contribution is 5.45. The topological polar surface area (TPSA) is 38.0 Å². The monoisotopic (exact) mass is 314 g/mol. The zero-order valence-electron chi connectivity index (χ0n) is 15.7. The van der Waals surface area contributed by atoms with Crippen molar-refractivity contribution >= 4 is 0 Å². The van der Waals surface area contributed by atoms with Gasteiger partial charge in [0, 0.05) is 17.9 Å². The van der Waals surface area contributed by atoms with Crippen LogP contribution in [0.2, 0.25) is 0 Å². The van der Waals surface area contributed by atoms with Crippen LogP contribution >= 0.6 is 0 Å². The molecule has 0 aromatic carbocycles. The van der Waals surface area contributed by atoms with E-state index in [1.54, 1.807) is 0 Å². The van der Waals surface area contributed by atoms with Gasteiger partial charge in [0.25, 0.3) is 0 Å². The molecule has 23 heavy (non-hydrogen) atoms. The van der Waals surface area contributed by atoms with Crippen molar-refractivity contribution in [2.24, 2.45) is 23.5 Å². The summed E-state index contributed by atoms with van der Waals surface area (Å²) in [6.07, 6.45) is 14.3. The van der Waals surface area contributed by atoms with E-state index >= 15 is 0 Å². The van der Waals surface area contributed by atoms with Gasteiger partial charge in [0.15, 0.2) is 0 Å². The van der Waals surface area contributed by atoms with Crippen LogP contribution in [0.25, 0.3) is 0 Å². The lowest BCUT2D eigenvalue weighted by molar-refractivity contribution is 0.525. The van der Waals surface area contributed by atoms with Crippen molar-refractivity contribution in [2.75, 3.05) is 6.54 Å². The van der Waals surface area contributed by atoms with Crippen molar-refractivity contribution in [3.8, 4) is 0 Å². The Kier molecular flexibility index (Phi) is 7.94. The Morgan fingerprint density at radius 1 is 1.30 bits per heavy atom. The SMILES string of the molecule is CCC=CC(C)C(C)C(/C=C(/C)N)=C(\C1=CC=CCN1)C(C)C. The zero-order valence-corrected chi connectivity index (χ0v) is 15.7. The first-order chi connectivity index (χ1) is 10.9. The number of nitrogens with two attached hydrogens (primary N) is 1. The Morgan fingerprint density at radius 2 is 2.00 bits per heavy atom. The van der Waals surface area contributed by atoms with Gasteiger partial charge in [-0.2, -0.15) is 0 Å². The van der Waals surface area contributed by atoms with Crippen molar-refractivity contribution in [3.05, 3.63) is 59.0 Å². The van der Waals surface area contributed by atoms with E-state index in [2.05, 4.69) is 76.4 Å². The molecule has 0 saturated carbocycles. The highest BCUT2D eigenvalue weighted by atomic mass is 14.9. The van der Waals surface area contributed by atoms with Crippen LogP contribution in [0.1, 0.15) is 48.0 Å². The standard InChI is InChI=1S/C21H34N2/c1-7-8-11-16(4)18(6)19(14-17(5)22)21(15(2)3)20-12-9-10-13-23-20/h8-12,14-16,18,23H,7,13,22H2,1-6H3/b11-8?,17-14-,21-19-. The van der Waals surface area contributed by atoms with Crippen molar-refractivity contribution in [2.45, 2.75) is 48.0 Å². The van der Waals surface area contributed by atoms with Crippen molar-refractivity contribution in [1.82, 2.24) is 5.32 Å². The molecule has 128 valence electrons. The van der Waals surface area contributed by atoms with E-state index in [0.717, 1.165) is 18.7 Å². The van der Waals surface area contributed by atoms with Gasteiger partial charge in [-0.1, -0.05) is 58.9 Å². The minimum absolute atomic E-state index is 0.419. The number of rotatable bonds is 7. The second kappa shape index (κ2) is 9.44. The van der Waals surface area contributed by atoms with E-state index in [4.69, 9.17) is 5.73 Å². The lowest BCUT2D eigenvalue weighted by Crippen LogP contribution is -2.23. The van der Waals surface area contributed by atoms with Crippen LogP contribution in [0.4, 0.5) is 0 Å². The Morgan fingerprint density at radius 3 is 2.48 bits per heavy atom. The maximum Gasteiger partial charge on any atom is 0.0380 e. The highest BCUT2D eigenvalue weighted by Gasteiger charge is 2.21. The van der Waals surface area contributed by atoms with E-state index in [-0.39, 0.29) is 0 Å². The van der Waals surface area contributed by atoms with Crippen LogP contribution in [-0.4, -0.2) is 6.54 Å². The van der Waals surface area contributed by atoms with Crippen LogP contribution < -0.4 is 11.1 Å². The molecule has 0 spiro atoms. The van der Waals surface area contributed by atoms with Crippen molar-refractivity contribution in [3.63, 3.8) is 0 Å². The van der Waals surface area contributed by atoms with E-state index in [1.807, 2.05) is 6.92 Å². The summed E-state index contributed by atoms with van der Waals surface area (Å²) in [6.45, 7) is 14.2. The van der Waals surface area contributed by atoms with Crippen LogP contribution in [0.3, 0.4) is 0 Å². The largest absolute Gasteiger partial charge is 0.402 e. The molecule has 2 unspecified atom stereocenters. The van der Waals surface area contributed by atoms with Crippen LogP contribution in [0.15, 0.2) is 59.0 Å². The van der Waals surface area contributed by atoms with Gasteiger partial charge >= 0.3 is 0 Å². The first-order valence-electron chi connectivity index (χ1n) is 8.84. The molecule has 2 nitrogen and oxygen atoms in total. The summed E-state index contributed by atoms with van der Waals surface area (Å²) in [5.41, 5.74) is 10.9. The molecule has 0 aromatic rings. The normalized spacial score (nSPS) is 19.4. The maximum absolute atomic E-state index is 6.05. The summed E-state index contributed by atoms with van der Waals surface area (Å²) in [5, 5.41) is 3.52. The quantitative estimate of drug-likeness (QED) is 0.508. The van der Waals surface area contributed by atoms with Gasteiger partial charge in [-0.15, -0.1) is 0 Å². The third-order valence-electron chi connectivity index (χ3n) is 4.33. The van der Waals surface area contributed by atoms with Crippen LogP contribution in [-0.2, 0) is 0 Å². The summed E-state index contributed by atoms with van der Waals surface area (Å²) < 4.78 is 0. The Bertz CT molecular complexity index is 526. The number of allylic oxidation sites excluding steroid dienone is 8. The van der Waals surface area contributed by atoms with Crippen molar-refractivity contribution < 1.29 is 0 Å². The van der Waals surface area contributed by atoms with Gasteiger partial charge in [0.1, 0.15) is 0 Å². The maximum atomic E-state index is 6.05. The molecule has 1 heterocycles. The average Bonchev–Trinajstić information content (AvgIpc) is 2.51. The highest BCUT2D eigenvalue weighted by Crippen LogP contribution is 2.32. The van der Waals surface area contributed by atoms with Crippen LogP contribution in [0, 0.1) is 17.8 Å². The van der Waals surface area contributed by atoms with Crippen molar-refractivity contribution in [1.29, 1.82) is 0 Å². The number of nitrogens with one attached hydrogen (secondary N) is 1. The number of dihydropyridines is 1. The molecule has 0 radical (unpaired) electrons. The molecule has 0 fully saturated rings. The molecule has 0 aliphatic carbocycles. The first-order valence-corrected chi connectivity index (χ1v) is 8.84. The summed E-state index contributed by atoms with van der Waals surface area (Å²) in [4.78, 5) is 0. The van der Waals surface area contributed by atoms with E-state index in [0.29, 0.717) is 17.8 Å². The van der Waals surface area contributed by atoms with Crippen LogP contribution in [0.5, 0.6) is 0 Å². The van der Waals surface area contributed by atoms with Gasteiger partial charge in [-0.3, -0.25) is 0 Å². The molecule has 2 atom stereocenters. The number of hydrogen-bond acceptors (Lipinski definition) is 2. The summed E-state index contributed by atoms with van der Waals surface area (Å²) in [5.74, 6) is 1.34. The summed E-state index contributed by atoms with van der Waals surface area (Å²) in [7, 11) is 0. The third kappa shape index (κ3) is 5.78. The minimum atomic E-state index is 0.419. The fourth-order valence-electron chi connectivity index (χ4n) is 2.95. The summed E-state index contributed by atoms with van der Waals surface area (Å²) in [6, 6.07) is 0. The Balaban J connectivity index is 3.39. The molecule has 1 aliphatic heterocycles. The molecule has 0 saturated heterocycles. The molecule has 2 heteroatoms. The fraction of sp³-hybridized carbons (Fsp3) is 0.524.